The minimum atomic E-state index is -0.123. The molecule has 1 N–H and O–H groups in total. The van der Waals surface area contributed by atoms with Crippen LogP contribution in [-0.4, -0.2) is 34.2 Å². The number of hydrogen-bond donors (Lipinski definition) is 1. The van der Waals surface area contributed by atoms with E-state index < -0.39 is 0 Å². The number of nitrogens with zero attached hydrogens (tertiary/aromatic N) is 3. The summed E-state index contributed by atoms with van der Waals surface area (Å²) in [5.41, 5.74) is 0.955. The third kappa shape index (κ3) is 7.05. The van der Waals surface area contributed by atoms with Crippen LogP contribution < -0.4 is 5.32 Å². The van der Waals surface area contributed by atoms with Crippen LogP contribution in [-0.2, 0) is 17.8 Å². The highest BCUT2D eigenvalue weighted by atomic mass is 16.5. The molecule has 0 bridgehead atoms. The zero-order chi connectivity index (χ0) is 16.1. The molecule has 0 saturated carbocycles. The highest BCUT2D eigenvalue weighted by Crippen LogP contribution is 2.32. The molecule has 0 amide bonds. The van der Waals surface area contributed by atoms with Crippen LogP contribution in [0, 0.1) is 11.3 Å². The zero-order valence-corrected chi connectivity index (χ0v) is 14.7. The number of aromatic nitrogens is 3. The third-order valence-corrected chi connectivity index (χ3v) is 3.25. The van der Waals surface area contributed by atoms with Gasteiger partial charge in [0.2, 0.25) is 0 Å². The van der Waals surface area contributed by atoms with Crippen LogP contribution in [0.15, 0.2) is 6.20 Å². The van der Waals surface area contributed by atoms with Crippen molar-refractivity contribution in [2.75, 3.05) is 13.7 Å². The molecule has 5 heteroatoms. The highest BCUT2D eigenvalue weighted by molar-refractivity contribution is 4.92. The van der Waals surface area contributed by atoms with Gasteiger partial charge in [0, 0.05) is 25.9 Å². The molecule has 1 heterocycles. The molecule has 0 radical (unpaired) electrons. The summed E-state index contributed by atoms with van der Waals surface area (Å²) in [6.45, 7) is 15.6. The molecule has 5 nitrogen and oxygen atoms in total. The quantitative estimate of drug-likeness (QED) is 0.761. The Labute approximate surface area is 129 Å². The predicted molar refractivity (Wildman–Crippen MR) is 86.1 cm³/mol. The largest absolute Gasteiger partial charge is 0.375 e. The minimum absolute atomic E-state index is 0.102. The second-order valence-electron chi connectivity index (χ2n) is 7.74. The molecule has 0 aliphatic carbocycles. The van der Waals surface area contributed by atoms with Gasteiger partial charge in [-0.15, -0.1) is 5.10 Å². The van der Waals surface area contributed by atoms with Gasteiger partial charge in [-0.2, -0.15) is 0 Å². The van der Waals surface area contributed by atoms with Gasteiger partial charge in [-0.1, -0.05) is 32.9 Å². The summed E-state index contributed by atoms with van der Waals surface area (Å²) in [6, 6.07) is 0. The van der Waals surface area contributed by atoms with Crippen molar-refractivity contribution < 1.29 is 4.74 Å². The summed E-state index contributed by atoms with van der Waals surface area (Å²) in [7, 11) is 1.91. The molecule has 0 atom stereocenters. The van der Waals surface area contributed by atoms with Crippen LogP contribution in [0.1, 0.15) is 53.7 Å². The molecule has 0 aromatic carbocycles. The fourth-order valence-corrected chi connectivity index (χ4v) is 2.77. The molecule has 1 aromatic rings. The summed E-state index contributed by atoms with van der Waals surface area (Å²) in [4.78, 5) is 0. The predicted octanol–water partition coefficient (Wildman–Crippen LogP) is 2.87. The van der Waals surface area contributed by atoms with Crippen LogP contribution in [0.5, 0.6) is 0 Å². The van der Waals surface area contributed by atoms with Crippen molar-refractivity contribution in [3.8, 4) is 0 Å². The van der Waals surface area contributed by atoms with E-state index in [1.165, 1.54) is 0 Å². The van der Waals surface area contributed by atoms with E-state index in [0.29, 0.717) is 5.92 Å². The molecular weight excluding hydrogens is 264 g/mol. The van der Waals surface area contributed by atoms with Gasteiger partial charge in [0.1, 0.15) is 0 Å². The van der Waals surface area contributed by atoms with E-state index in [-0.39, 0.29) is 11.0 Å². The summed E-state index contributed by atoms with van der Waals surface area (Å²) in [5.74, 6) is 0.562. The molecule has 0 fully saturated rings. The molecule has 1 rings (SSSR count). The van der Waals surface area contributed by atoms with Gasteiger partial charge in [-0.25, -0.2) is 0 Å². The SMILES string of the molecule is CNCc1cn(CC(C)(C)CC(C)(C)OCC(C)C)nn1. The van der Waals surface area contributed by atoms with Gasteiger partial charge in [0.05, 0.1) is 11.3 Å². The van der Waals surface area contributed by atoms with Crippen LogP contribution in [0.2, 0.25) is 0 Å². The Balaban J connectivity index is 2.58. The fourth-order valence-electron chi connectivity index (χ4n) is 2.77. The van der Waals surface area contributed by atoms with Crippen molar-refractivity contribution in [3.05, 3.63) is 11.9 Å². The standard InChI is InChI=1S/C16H32N4O/c1-13(2)10-21-16(5,6)11-15(3,4)12-20-9-14(8-17-7)18-19-20/h9,13,17H,8,10-12H2,1-7H3. The number of hydrogen-bond acceptors (Lipinski definition) is 4. The maximum absolute atomic E-state index is 6.05. The summed E-state index contributed by atoms with van der Waals surface area (Å²) in [6.07, 6.45) is 2.99. The lowest BCUT2D eigenvalue weighted by Crippen LogP contribution is -2.35. The molecule has 1 aromatic heterocycles. The Morgan fingerprint density at radius 2 is 1.95 bits per heavy atom. The topological polar surface area (TPSA) is 52.0 Å². The second-order valence-corrected chi connectivity index (χ2v) is 7.74. The van der Waals surface area contributed by atoms with Gasteiger partial charge in [-0.3, -0.25) is 4.68 Å². The average molecular weight is 296 g/mol. The zero-order valence-electron chi connectivity index (χ0n) is 14.7. The number of ether oxygens (including phenoxy) is 1. The Bertz CT molecular complexity index is 424. The van der Waals surface area contributed by atoms with Crippen molar-refractivity contribution in [3.63, 3.8) is 0 Å². The van der Waals surface area contributed by atoms with Gasteiger partial charge in [0.25, 0.3) is 0 Å². The van der Waals surface area contributed by atoms with E-state index in [4.69, 9.17) is 4.74 Å². The monoisotopic (exact) mass is 296 g/mol. The number of rotatable bonds is 9. The molecule has 122 valence electrons. The first-order valence-electron chi connectivity index (χ1n) is 7.81. The molecule has 0 spiro atoms. The van der Waals surface area contributed by atoms with Crippen molar-refractivity contribution in [2.45, 2.75) is 66.7 Å². The maximum atomic E-state index is 6.05. The van der Waals surface area contributed by atoms with Crippen LogP contribution >= 0.6 is 0 Å². The normalized spacial score (nSPS) is 13.1. The van der Waals surface area contributed by atoms with Gasteiger partial charge in [0.15, 0.2) is 0 Å². The van der Waals surface area contributed by atoms with Crippen molar-refractivity contribution in [1.29, 1.82) is 0 Å². The lowest BCUT2D eigenvalue weighted by molar-refractivity contribution is -0.0591. The second kappa shape index (κ2) is 7.36. The van der Waals surface area contributed by atoms with E-state index in [0.717, 1.165) is 31.8 Å². The van der Waals surface area contributed by atoms with E-state index in [1.807, 2.05) is 17.9 Å². The van der Waals surface area contributed by atoms with Crippen LogP contribution in [0.3, 0.4) is 0 Å². The smallest absolute Gasteiger partial charge is 0.0964 e. The average Bonchev–Trinajstić information content (AvgIpc) is 2.72. The Hall–Kier alpha value is -0.940. The summed E-state index contributed by atoms with van der Waals surface area (Å²) in [5, 5.41) is 11.5. The molecule has 0 aliphatic heterocycles. The summed E-state index contributed by atoms with van der Waals surface area (Å²) < 4.78 is 7.99. The molecule has 0 saturated heterocycles. The van der Waals surface area contributed by atoms with Gasteiger partial charge < -0.3 is 10.1 Å². The highest BCUT2D eigenvalue weighted by Gasteiger charge is 2.30. The van der Waals surface area contributed by atoms with Crippen molar-refractivity contribution in [2.24, 2.45) is 11.3 Å². The fraction of sp³-hybridized carbons (Fsp3) is 0.875. The molecule has 21 heavy (non-hydrogen) atoms. The van der Waals surface area contributed by atoms with Crippen molar-refractivity contribution >= 4 is 0 Å². The van der Waals surface area contributed by atoms with Crippen LogP contribution in [0.25, 0.3) is 0 Å². The number of nitrogens with one attached hydrogen (secondary N) is 1. The Kier molecular flexibility index (Phi) is 6.35. The first-order chi connectivity index (χ1) is 9.63. The first-order valence-corrected chi connectivity index (χ1v) is 7.81. The molecule has 0 unspecified atom stereocenters. The summed E-state index contributed by atoms with van der Waals surface area (Å²) >= 11 is 0. The van der Waals surface area contributed by atoms with Gasteiger partial charge >= 0.3 is 0 Å². The lowest BCUT2D eigenvalue weighted by Gasteiger charge is -2.35. The van der Waals surface area contributed by atoms with E-state index in [1.54, 1.807) is 0 Å². The Morgan fingerprint density at radius 3 is 2.52 bits per heavy atom. The van der Waals surface area contributed by atoms with Gasteiger partial charge in [-0.05, 0) is 38.6 Å². The first kappa shape index (κ1) is 18.1. The maximum Gasteiger partial charge on any atom is 0.0964 e. The van der Waals surface area contributed by atoms with E-state index >= 15 is 0 Å². The Morgan fingerprint density at radius 1 is 1.29 bits per heavy atom. The molecular formula is C16H32N4O. The lowest BCUT2D eigenvalue weighted by atomic mass is 9.81. The van der Waals surface area contributed by atoms with E-state index in [2.05, 4.69) is 57.2 Å². The molecule has 0 aliphatic rings. The van der Waals surface area contributed by atoms with Crippen molar-refractivity contribution in [1.82, 2.24) is 20.3 Å². The third-order valence-electron chi connectivity index (χ3n) is 3.25. The van der Waals surface area contributed by atoms with Crippen LogP contribution in [0.4, 0.5) is 0 Å². The van der Waals surface area contributed by atoms with E-state index in [9.17, 15) is 0 Å². The minimum Gasteiger partial charge on any atom is -0.375 e.